The number of hydrogen-bond donors (Lipinski definition) is 1. The molecule has 0 aliphatic rings. The van der Waals surface area contributed by atoms with Crippen LogP contribution in [0.25, 0.3) is 0 Å². The highest BCUT2D eigenvalue weighted by Gasteiger charge is 2.22. The van der Waals surface area contributed by atoms with Crippen molar-refractivity contribution in [1.29, 1.82) is 0 Å². The maximum atomic E-state index is 10.8. The van der Waals surface area contributed by atoms with Crippen LogP contribution in [0.3, 0.4) is 0 Å². The summed E-state index contributed by atoms with van der Waals surface area (Å²) in [5, 5.41) is 23.0. The number of non-ortho nitro benzene ring substituents is 1. The second-order valence-electron chi connectivity index (χ2n) is 6.56. The average molecular weight is 335 g/mol. The van der Waals surface area contributed by atoms with E-state index in [1.807, 2.05) is 36.9 Å². The van der Waals surface area contributed by atoms with Gasteiger partial charge < -0.3 is 9.67 Å². The number of thiazole rings is 1. The zero-order valence-electron chi connectivity index (χ0n) is 13.7. The monoisotopic (exact) mass is 335 g/mol. The number of benzene rings is 1. The van der Waals surface area contributed by atoms with E-state index in [1.54, 1.807) is 13.0 Å². The minimum Gasteiger partial charge on any atom is -0.391 e. The standard InChI is InChI=1S/C16H21N3O3S/c1-11-9-12(19(21)22)5-6-13(11)17-15-18(7-8-23-15)10-14(20)16(2,3)4/h5-9,14,20H,10H2,1-4H3. The summed E-state index contributed by atoms with van der Waals surface area (Å²) >= 11 is 1.47. The lowest BCUT2D eigenvalue weighted by Gasteiger charge is -2.26. The molecule has 23 heavy (non-hydrogen) atoms. The quantitative estimate of drug-likeness (QED) is 0.687. The van der Waals surface area contributed by atoms with Crippen LogP contribution in [0.1, 0.15) is 26.3 Å². The molecule has 1 atom stereocenters. The van der Waals surface area contributed by atoms with Gasteiger partial charge in [0.2, 0.25) is 0 Å². The summed E-state index contributed by atoms with van der Waals surface area (Å²) in [6.45, 7) is 8.22. The van der Waals surface area contributed by atoms with Gasteiger partial charge in [-0.1, -0.05) is 20.8 Å². The maximum absolute atomic E-state index is 10.8. The molecule has 7 heteroatoms. The third-order valence-electron chi connectivity index (χ3n) is 3.64. The van der Waals surface area contributed by atoms with Crippen LogP contribution in [-0.4, -0.2) is 20.7 Å². The molecule has 0 bridgehead atoms. The van der Waals surface area contributed by atoms with Crippen molar-refractivity contribution in [3.8, 4) is 0 Å². The van der Waals surface area contributed by atoms with Gasteiger partial charge >= 0.3 is 0 Å². The lowest BCUT2D eigenvalue weighted by Crippen LogP contribution is -2.33. The van der Waals surface area contributed by atoms with Crippen molar-refractivity contribution < 1.29 is 10.0 Å². The fourth-order valence-electron chi connectivity index (χ4n) is 1.97. The molecule has 1 aromatic carbocycles. The summed E-state index contributed by atoms with van der Waals surface area (Å²) in [6, 6.07) is 4.62. The van der Waals surface area contributed by atoms with Crippen LogP contribution >= 0.6 is 11.3 Å². The summed E-state index contributed by atoms with van der Waals surface area (Å²) in [4.78, 5) is 15.7. The van der Waals surface area contributed by atoms with Gasteiger partial charge in [0.1, 0.15) is 0 Å². The molecular formula is C16H21N3O3S. The van der Waals surface area contributed by atoms with Crippen molar-refractivity contribution in [2.24, 2.45) is 10.4 Å². The summed E-state index contributed by atoms with van der Waals surface area (Å²) in [5.41, 5.74) is 1.28. The molecule has 1 N–H and O–H groups in total. The Morgan fingerprint density at radius 1 is 1.43 bits per heavy atom. The Morgan fingerprint density at radius 2 is 2.13 bits per heavy atom. The van der Waals surface area contributed by atoms with Gasteiger partial charge in [-0.3, -0.25) is 10.1 Å². The Kier molecular flexibility index (Phi) is 5.01. The van der Waals surface area contributed by atoms with E-state index in [4.69, 9.17) is 0 Å². The van der Waals surface area contributed by atoms with Gasteiger partial charge in [-0.25, -0.2) is 4.99 Å². The molecule has 0 aliphatic heterocycles. The van der Waals surface area contributed by atoms with Crippen molar-refractivity contribution in [1.82, 2.24) is 4.57 Å². The van der Waals surface area contributed by atoms with Gasteiger partial charge in [0, 0.05) is 23.7 Å². The van der Waals surface area contributed by atoms with Crippen LogP contribution in [0.5, 0.6) is 0 Å². The summed E-state index contributed by atoms with van der Waals surface area (Å²) in [6.07, 6.45) is 1.40. The first-order valence-corrected chi connectivity index (χ1v) is 8.18. The van der Waals surface area contributed by atoms with E-state index in [0.717, 1.165) is 10.4 Å². The molecule has 0 saturated carbocycles. The van der Waals surface area contributed by atoms with Crippen LogP contribution < -0.4 is 4.80 Å². The number of aliphatic hydroxyl groups is 1. The normalized spacial score (nSPS) is 14.0. The molecule has 1 unspecified atom stereocenters. The molecule has 0 fully saturated rings. The Labute approximate surface area is 138 Å². The number of nitro groups is 1. The van der Waals surface area contributed by atoms with Crippen LogP contribution in [0.4, 0.5) is 11.4 Å². The molecular weight excluding hydrogens is 314 g/mol. The molecule has 0 aliphatic carbocycles. The topological polar surface area (TPSA) is 80.7 Å². The molecule has 6 nitrogen and oxygen atoms in total. The van der Waals surface area contributed by atoms with Crippen LogP contribution in [-0.2, 0) is 6.54 Å². The second kappa shape index (κ2) is 6.64. The van der Waals surface area contributed by atoms with E-state index < -0.39 is 11.0 Å². The Morgan fingerprint density at radius 3 is 2.70 bits per heavy atom. The number of hydrogen-bond acceptors (Lipinski definition) is 5. The van der Waals surface area contributed by atoms with Gasteiger partial charge in [-0.05, 0) is 24.0 Å². The lowest BCUT2D eigenvalue weighted by molar-refractivity contribution is -0.384. The molecule has 2 aromatic rings. The molecule has 1 aromatic heterocycles. The van der Waals surface area contributed by atoms with E-state index in [0.29, 0.717) is 12.2 Å². The van der Waals surface area contributed by atoms with Crippen molar-refractivity contribution in [3.63, 3.8) is 0 Å². The van der Waals surface area contributed by atoms with Crippen LogP contribution in [0.2, 0.25) is 0 Å². The summed E-state index contributed by atoms with van der Waals surface area (Å²) < 4.78 is 1.90. The summed E-state index contributed by atoms with van der Waals surface area (Å²) in [5.74, 6) is 0. The molecule has 0 saturated heterocycles. The molecule has 2 rings (SSSR count). The lowest BCUT2D eigenvalue weighted by atomic mass is 9.89. The third kappa shape index (κ3) is 4.27. The number of nitro benzene ring substituents is 1. The largest absolute Gasteiger partial charge is 0.391 e. The van der Waals surface area contributed by atoms with Gasteiger partial charge in [0.15, 0.2) is 4.80 Å². The Hall–Kier alpha value is -1.99. The predicted molar refractivity (Wildman–Crippen MR) is 90.8 cm³/mol. The fraction of sp³-hybridized carbons (Fsp3) is 0.438. The van der Waals surface area contributed by atoms with Gasteiger partial charge in [0.05, 0.1) is 23.3 Å². The van der Waals surface area contributed by atoms with Gasteiger partial charge in [-0.2, -0.15) is 0 Å². The third-order valence-corrected chi connectivity index (χ3v) is 4.43. The zero-order valence-corrected chi connectivity index (χ0v) is 14.5. The van der Waals surface area contributed by atoms with E-state index in [9.17, 15) is 15.2 Å². The Bertz CT molecular complexity index is 771. The maximum Gasteiger partial charge on any atom is 0.269 e. The molecule has 0 spiro atoms. The fourth-order valence-corrected chi connectivity index (χ4v) is 2.72. The molecule has 1 heterocycles. The second-order valence-corrected chi connectivity index (χ2v) is 7.43. The SMILES string of the molecule is Cc1cc([N+](=O)[O-])ccc1N=c1sccn1CC(O)C(C)(C)C. The van der Waals surface area contributed by atoms with E-state index in [-0.39, 0.29) is 11.1 Å². The van der Waals surface area contributed by atoms with E-state index in [2.05, 4.69) is 4.99 Å². The van der Waals surface area contributed by atoms with Crippen molar-refractivity contribution in [3.05, 3.63) is 50.3 Å². The van der Waals surface area contributed by atoms with Crippen LogP contribution in [0.15, 0.2) is 34.8 Å². The highest BCUT2D eigenvalue weighted by molar-refractivity contribution is 7.07. The van der Waals surface area contributed by atoms with E-state index >= 15 is 0 Å². The highest BCUT2D eigenvalue weighted by Crippen LogP contribution is 2.23. The van der Waals surface area contributed by atoms with E-state index in [1.165, 1.54) is 23.5 Å². The molecule has 0 amide bonds. The minimum absolute atomic E-state index is 0.0589. The van der Waals surface area contributed by atoms with Crippen LogP contribution in [0, 0.1) is 22.5 Å². The number of aryl methyl sites for hydroxylation is 1. The first-order chi connectivity index (χ1) is 10.7. The minimum atomic E-state index is -0.492. The number of nitrogens with zero attached hydrogens (tertiary/aromatic N) is 3. The van der Waals surface area contributed by atoms with Gasteiger partial charge in [-0.15, -0.1) is 11.3 Å². The molecule has 124 valence electrons. The predicted octanol–water partition coefficient (Wildman–Crippen LogP) is 3.41. The van der Waals surface area contributed by atoms with Crippen molar-refractivity contribution in [2.45, 2.75) is 40.3 Å². The zero-order chi connectivity index (χ0) is 17.2. The first kappa shape index (κ1) is 17.4. The molecule has 0 radical (unpaired) electrons. The summed E-state index contributed by atoms with van der Waals surface area (Å²) in [7, 11) is 0. The number of aliphatic hydroxyl groups excluding tert-OH is 1. The number of rotatable bonds is 4. The van der Waals surface area contributed by atoms with Crippen molar-refractivity contribution in [2.75, 3.05) is 0 Å². The average Bonchev–Trinajstić information content (AvgIpc) is 2.87. The highest BCUT2D eigenvalue weighted by atomic mass is 32.1. The first-order valence-electron chi connectivity index (χ1n) is 7.30. The Balaban J connectivity index is 2.35. The smallest absolute Gasteiger partial charge is 0.269 e. The number of aromatic nitrogens is 1. The van der Waals surface area contributed by atoms with Gasteiger partial charge in [0.25, 0.3) is 5.69 Å². The van der Waals surface area contributed by atoms with Crippen molar-refractivity contribution >= 4 is 22.7 Å².